The smallest absolute Gasteiger partial charge is 0.462 e. The lowest BCUT2D eigenvalue weighted by Crippen LogP contribution is -2.30. The van der Waals surface area contributed by atoms with Gasteiger partial charge in [-0.15, -0.1) is 0 Å². The van der Waals surface area contributed by atoms with E-state index < -0.39 is 97.5 Å². The Balaban J connectivity index is 5.17. The van der Waals surface area contributed by atoms with Crippen molar-refractivity contribution >= 4 is 39.5 Å². The van der Waals surface area contributed by atoms with Crippen LogP contribution in [-0.4, -0.2) is 96.7 Å². The van der Waals surface area contributed by atoms with Gasteiger partial charge < -0.3 is 33.8 Å². The number of esters is 4. The van der Waals surface area contributed by atoms with Gasteiger partial charge in [0.25, 0.3) is 0 Å². The molecular formula is C63H122O17P2. The predicted molar refractivity (Wildman–Crippen MR) is 326 cm³/mol. The van der Waals surface area contributed by atoms with Crippen molar-refractivity contribution < 1.29 is 80.2 Å². The molecule has 0 aliphatic heterocycles. The summed E-state index contributed by atoms with van der Waals surface area (Å²) in [4.78, 5) is 71.9. The molecule has 0 rings (SSSR count). The van der Waals surface area contributed by atoms with Crippen molar-refractivity contribution in [1.29, 1.82) is 0 Å². The molecule has 0 spiro atoms. The number of hydrogen-bond donors (Lipinski definition) is 3. The molecule has 5 atom stereocenters. The van der Waals surface area contributed by atoms with E-state index in [4.69, 9.17) is 37.0 Å². The minimum atomic E-state index is -4.94. The van der Waals surface area contributed by atoms with E-state index >= 15 is 0 Å². The minimum absolute atomic E-state index is 0.101. The number of hydrogen-bond acceptors (Lipinski definition) is 15. The van der Waals surface area contributed by atoms with Crippen LogP contribution in [0.5, 0.6) is 0 Å². The lowest BCUT2D eigenvalue weighted by molar-refractivity contribution is -0.161. The second-order valence-electron chi connectivity index (χ2n) is 23.7. The van der Waals surface area contributed by atoms with Gasteiger partial charge in [-0.25, -0.2) is 9.13 Å². The fourth-order valence-electron chi connectivity index (χ4n) is 9.35. The van der Waals surface area contributed by atoms with Crippen LogP contribution in [0.1, 0.15) is 311 Å². The quantitative estimate of drug-likeness (QED) is 0.0222. The summed E-state index contributed by atoms with van der Waals surface area (Å²) in [7, 11) is -9.88. The molecule has 486 valence electrons. The van der Waals surface area contributed by atoms with Gasteiger partial charge in [0.05, 0.1) is 26.4 Å². The molecule has 0 amide bonds. The molecule has 0 aliphatic rings. The largest absolute Gasteiger partial charge is 0.472 e. The normalized spacial score (nSPS) is 14.3. The van der Waals surface area contributed by atoms with Crippen molar-refractivity contribution in [3.8, 4) is 0 Å². The molecular weight excluding hydrogens is 1090 g/mol. The molecule has 0 aromatic heterocycles. The van der Waals surface area contributed by atoms with E-state index in [2.05, 4.69) is 41.5 Å². The van der Waals surface area contributed by atoms with Crippen molar-refractivity contribution in [3.05, 3.63) is 0 Å². The van der Waals surface area contributed by atoms with Crippen molar-refractivity contribution in [2.45, 2.75) is 330 Å². The van der Waals surface area contributed by atoms with Gasteiger partial charge >= 0.3 is 39.5 Å². The van der Waals surface area contributed by atoms with E-state index in [9.17, 15) is 43.2 Å². The molecule has 3 N–H and O–H groups in total. The van der Waals surface area contributed by atoms with E-state index in [1.165, 1.54) is 122 Å². The lowest BCUT2D eigenvalue weighted by atomic mass is 10.0. The molecule has 0 saturated heterocycles. The summed E-state index contributed by atoms with van der Waals surface area (Å²) in [6, 6.07) is 0. The van der Waals surface area contributed by atoms with Crippen LogP contribution in [0.15, 0.2) is 0 Å². The van der Waals surface area contributed by atoms with Crippen LogP contribution in [-0.2, 0) is 65.4 Å². The van der Waals surface area contributed by atoms with Gasteiger partial charge in [0.1, 0.15) is 19.3 Å². The summed E-state index contributed by atoms with van der Waals surface area (Å²) in [5, 5.41) is 10.5. The number of unbranched alkanes of at least 4 members (excludes halogenated alkanes) is 32. The zero-order valence-corrected chi connectivity index (χ0v) is 54.6. The fourth-order valence-corrected chi connectivity index (χ4v) is 10.9. The molecule has 0 bridgehead atoms. The van der Waals surface area contributed by atoms with Crippen molar-refractivity contribution in [1.82, 2.24) is 0 Å². The molecule has 0 aliphatic carbocycles. The number of phosphoric acid groups is 2. The van der Waals surface area contributed by atoms with Gasteiger partial charge in [-0.2, -0.15) is 0 Å². The Kier molecular flexibility index (Phi) is 54.3. The van der Waals surface area contributed by atoms with Crippen LogP contribution in [0.4, 0.5) is 0 Å². The maximum Gasteiger partial charge on any atom is 0.472 e. The maximum absolute atomic E-state index is 13.0. The Morgan fingerprint density at radius 3 is 0.829 bits per heavy atom. The van der Waals surface area contributed by atoms with Crippen molar-refractivity contribution in [2.24, 2.45) is 11.8 Å². The average molecular weight is 1210 g/mol. The third-order valence-electron chi connectivity index (χ3n) is 14.5. The Labute approximate surface area is 498 Å². The van der Waals surface area contributed by atoms with Crippen LogP contribution < -0.4 is 0 Å². The Bertz CT molecular complexity index is 1620. The summed E-state index contributed by atoms with van der Waals surface area (Å²) in [5.74, 6) is -0.720. The second-order valence-corrected chi connectivity index (χ2v) is 26.7. The van der Waals surface area contributed by atoms with Gasteiger partial charge in [-0.05, 0) is 37.5 Å². The van der Waals surface area contributed by atoms with E-state index in [0.717, 1.165) is 102 Å². The molecule has 0 fully saturated rings. The number of phosphoric ester groups is 2. The Morgan fingerprint density at radius 1 is 0.329 bits per heavy atom. The lowest BCUT2D eigenvalue weighted by Gasteiger charge is -2.21. The third kappa shape index (κ3) is 57.2. The highest BCUT2D eigenvalue weighted by molar-refractivity contribution is 7.47. The van der Waals surface area contributed by atoms with Gasteiger partial charge in [0.15, 0.2) is 12.2 Å². The van der Waals surface area contributed by atoms with E-state index in [1.807, 2.05) is 0 Å². The van der Waals surface area contributed by atoms with Crippen LogP contribution in [0, 0.1) is 11.8 Å². The first-order chi connectivity index (χ1) is 39.4. The van der Waals surface area contributed by atoms with Crippen molar-refractivity contribution in [3.63, 3.8) is 0 Å². The average Bonchev–Trinajstić information content (AvgIpc) is 3.43. The fraction of sp³-hybridized carbons (Fsp3) is 0.937. The number of aliphatic hydroxyl groups excluding tert-OH is 1. The Hall–Kier alpha value is -1.94. The molecule has 17 nitrogen and oxygen atoms in total. The van der Waals surface area contributed by atoms with Crippen LogP contribution in [0.2, 0.25) is 0 Å². The number of aliphatic hydroxyl groups is 1. The summed E-state index contributed by atoms with van der Waals surface area (Å²) < 4.78 is 67.7. The third-order valence-corrected chi connectivity index (χ3v) is 16.4. The van der Waals surface area contributed by atoms with E-state index in [-0.39, 0.29) is 25.7 Å². The first-order valence-electron chi connectivity index (χ1n) is 33.0. The first kappa shape index (κ1) is 80.1. The summed E-state index contributed by atoms with van der Waals surface area (Å²) in [6.45, 7) is 9.30. The van der Waals surface area contributed by atoms with Crippen LogP contribution >= 0.6 is 15.6 Å². The number of carbonyl (C=O) groups excluding carboxylic acids is 4. The van der Waals surface area contributed by atoms with Gasteiger partial charge in [-0.3, -0.25) is 37.3 Å². The topological polar surface area (TPSA) is 237 Å². The molecule has 0 aromatic rings. The Morgan fingerprint density at radius 2 is 0.561 bits per heavy atom. The number of carbonyl (C=O) groups is 4. The molecule has 2 unspecified atom stereocenters. The number of rotatable bonds is 62. The SMILES string of the molecule is CCCCCCCCCCCCCCCCCC(=O)O[C@H](COC(=O)CCCCCCCCCCCCC(C)C)COP(=O)(O)OC[C@@H](O)COP(=O)(O)OC[C@@H](COC(=O)CCCCCCC)OC(=O)CCCCCCCCC(C)C. The molecule has 0 radical (unpaired) electrons. The molecule has 19 heteroatoms. The highest BCUT2D eigenvalue weighted by Gasteiger charge is 2.30. The maximum atomic E-state index is 13.0. The number of ether oxygens (including phenoxy) is 4. The van der Waals surface area contributed by atoms with Crippen LogP contribution in [0.25, 0.3) is 0 Å². The highest BCUT2D eigenvalue weighted by atomic mass is 31.2. The molecule has 0 heterocycles. The highest BCUT2D eigenvalue weighted by Crippen LogP contribution is 2.45. The second kappa shape index (κ2) is 55.6. The first-order valence-corrected chi connectivity index (χ1v) is 36.0. The van der Waals surface area contributed by atoms with E-state index in [0.29, 0.717) is 31.6 Å². The van der Waals surface area contributed by atoms with E-state index in [1.54, 1.807) is 0 Å². The zero-order chi connectivity index (χ0) is 60.8. The molecule has 0 aromatic carbocycles. The van der Waals surface area contributed by atoms with Gasteiger partial charge in [0.2, 0.25) is 0 Å². The minimum Gasteiger partial charge on any atom is -0.462 e. The zero-order valence-electron chi connectivity index (χ0n) is 52.8. The van der Waals surface area contributed by atoms with Crippen LogP contribution in [0.3, 0.4) is 0 Å². The van der Waals surface area contributed by atoms with Crippen molar-refractivity contribution in [2.75, 3.05) is 39.6 Å². The summed E-state index contributed by atoms with van der Waals surface area (Å²) >= 11 is 0. The van der Waals surface area contributed by atoms with Gasteiger partial charge in [0, 0.05) is 25.7 Å². The summed E-state index contributed by atoms with van der Waals surface area (Å²) in [6.07, 6.45) is 38.1. The van der Waals surface area contributed by atoms with Gasteiger partial charge in [-0.1, -0.05) is 260 Å². The monoisotopic (exact) mass is 1210 g/mol. The summed E-state index contributed by atoms with van der Waals surface area (Å²) in [5.41, 5.74) is 0. The predicted octanol–water partition coefficient (Wildman–Crippen LogP) is 17.3. The molecule has 0 saturated carbocycles. The molecule has 82 heavy (non-hydrogen) atoms. The standard InChI is InChI=1S/C63H122O17P2/c1-7-9-11-13-14-15-16-17-18-19-20-25-28-35-41-47-62(67)79-59(52-74-61(66)46-40-34-27-24-22-21-23-26-32-37-43-55(3)4)54-78-82(71,72)76-50-57(64)49-75-81(69,70)77-53-58(51-73-60(65)45-39-31-12-10-8-2)80-63(68)48-42-36-30-29-33-38-44-56(5)6/h55-59,64H,7-54H2,1-6H3,(H,69,70)(H,71,72)/t57-,58+,59+/m0/s1.